The monoisotopic (exact) mass is 297 g/mol. The molecular formula is C16H31N3O2. The van der Waals surface area contributed by atoms with Gasteiger partial charge in [-0.25, -0.2) is 0 Å². The van der Waals surface area contributed by atoms with Gasteiger partial charge >= 0.3 is 0 Å². The van der Waals surface area contributed by atoms with E-state index in [4.69, 9.17) is 10.5 Å². The van der Waals surface area contributed by atoms with Crippen molar-refractivity contribution >= 4 is 5.91 Å². The normalized spacial score (nSPS) is 32.4. The molecule has 0 aromatic carbocycles. The minimum Gasteiger partial charge on any atom is -0.373 e. The van der Waals surface area contributed by atoms with Crippen LogP contribution in [0.4, 0.5) is 0 Å². The number of morpholine rings is 1. The van der Waals surface area contributed by atoms with Crippen LogP contribution in [-0.4, -0.2) is 66.2 Å². The van der Waals surface area contributed by atoms with E-state index in [1.807, 2.05) is 6.92 Å². The van der Waals surface area contributed by atoms with Crippen molar-refractivity contribution in [1.82, 2.24) is 9.80 Å². The molecule has 5 nitrogen and oxygen atoms in total. The molecule has 0 aromatic rings. The SMILES string of the molecule is CC(N)CCC(=O)N1CCCC1CN1CC(C)OC(C)C1. The van der Waals surface area contributed by atoms with Gasteiger partial charge in [0, 0.05) is 44.7 Å². The maximum atomic E-state index is 12.4. The number of likely N-dealkylation sites (tertiary alicyclic amines) is 1. The summed E-state index contributed by atoms with van der Waals surface area (Å²) in [6, 6.07) is 0.485. The Kier molecular flexibility index (Phi) is 6.02. The van der Waals surface area contributed by atoms with Gasteiger partial charge < -0.3 is 15.4 Å². The van der Waals surface area contributed by atoms with E-state index >= 15 is 0 Å². The zero-order chi connectivity index (χ0) is 15.4. The molecule has 0 aromatic heterocycles. The van der Waals surface area contributed by atoms with Crippen molar-refractivity contribution in [2.45, 2.75) is 70.7 Å². The minimum absolute atomic E-state index is 0.107. The standard InChI is InChI=1S/C16H31N3O2/c1-12(17)6-7-16(20)19-8-4-5-15(19)11-18-9-13(2)21-14(3)10-18/h12-15H,4-11,17H2,1-3H3. The minimum atomic E-state index is 0.107. The lowest BCUT2D eigenvalue weighted by atomic mass is 10.1. The summed E-state index contributed by atoms with van der Waals surface area (Å²) >= 11 is 0. The number of nitrogens with two attached hydrogens (primary N) is 1. The molecule has 0 bridgehead atoms. The lowest BCUT2D eigenvalue weighted by molar-refractivity contribution is -0.133. The zero-order valence-electron chi connectivity index (χ0n) is 13.8. The van der Waals surface area contributed by atoms with E-state index in [1.54, 1.807) is 0 Å². The van der Waals surface area contributed by atoms with Gasteiger partial charge in [0.2, 0.25) is 5.91 Å². The predicted molar refractivity (Wildman–Crippen MR) is 84.1 cm³/mol. The summed E-state index contributed by atoms with van der Waals surface area (Å²) in [7, 11) is 0. The first-order valence-corrected chi connectivity index (χ1v) is 8.38. The summed E-state index contributed by atoms with van der Waals surface area (Å²) in [6.07, 6.45) is 4.21. The highest BCUT2D eigenvalue weighted by Gasteiger charge is 2.32. The largest absolute Gasteiger partial charge is 0.373 e. The van der Waals surface area contributed by atoms with Crippen molar-refractivity contribution < 1.29 is 9.53 Å². The van der Waals surface area contributed by atoms with Gasteiger partial charge in [0.25, 0.3) is 0 Å². The summed E-state index contributed by atoms with van der Waals surface area (Å²) in [5, 5.41) is 0. The maximum Gasteiger partial charge on any atom is 0.222 e. The summed E-state index contributed by atoms with van der Waals surface area (Å²) in [4.78, 5) is 16.9. The molecule has 5 heteroatoms. The molecule has 4 unspecified atom stereocenters. The van der Waals surface area contributed by atoms with Gasteiger partial charge in [-0.15, -0.1) is 0 Å². The first kappa shape index (κ1) is 16.7. The summed E-state index contributed by atoms with van der Waals surface area (Å²) < 4.78 is 5.78. The Morgan fingerprint density at radius 3 is 2.62 bits per heavy atom. The van der Waals surface area contributed by atoms with Gasteiger partial charge in [0.05, 0.1) is 12.2 Å². The number of amides is 1. The highest BCUT2D eigenvalue weighted by molar-refractivity contribution is 5.76. The average Bonchev–Trinajstić information content (AvgIpc) is 2.82. The van der Waals surface area contributed by atoms with Crippen LogP contribution in [0, 0.1) is 0 Å². The second-order valence-corrected chi connectivity index (χ2v) is 6.88. The molecule has 1 amide bonds. The average molecular weight is 297 g/mol. The Morgan fingerprint density at radius 2 is 2.00 bits per heavy atom. The molecule has 0 aliphatic carbocycles. The van der Waals surface area contributed by atoms with Crippen molar-refractivity contribution in [2.75, 3.05) is 26.2 Å². The van der Waals surface area contributed by atoms with Gasteiger partial charge in [-0.3, -0.25) is 9.69 Å². The summed E-state index contributed by atoms with van der Waals surface area (Å²) in [6.45, 7) is 10.1. The predicted octanol–water partition coefficient (Wildman–Crippen LogP) is 1.21. The molecule has 2 rings (SSSR count). The van der Waals surface area contributed by atoms with Crippen LogP contribution in [0.15, 0.2) is 0 Å². The lowest BCUT2D eigenvalue weighted by Gasteiger charge is -2.38. The van der Waals surface area contributed by atoms with Crippen LogP contribution in [0.5, 0.6) is 0 Å². The summed E-state index contributed by atoms with van der Waals surface area (Å²) in [5.74, 6) is 0.282. The third-order valence-corrected chi connectivity index (χ3v) is 4.48. The van der Waals surface area contributed by atoms with E-state index in [-0.39, 0.29) is 24.2 Å². The fraction of sp³-hybridized carbons (Fsp3) is 0.938. The molecule has 2 saturated heterocycles. The Hall–Kier alpha value is -0.650. The van der Waals surface area contributed by atoms with Crippen molar-refractivity contribution in [2.24, 2.45) is 5.73 Å². The van der Waals surface area contributed by atoms with Crippen LogP contribution >= 0.6 is 0 Å². The number of carbonyl (C=O) groups excluding carboxylic acids is 1. The Morgan fingerprint density at radius 1 is 1.33 bits per heavy atom. The van der Waals surface area contributed by atoms with Crippen LogP contribution < -0.4 is 5.73 Å². The molecule has 2 aliphatic rings. The second kappa shape index (κ2) is 7.56. The van der Waals surface area contributed by atoms with Crippen LogP contribution in [0.2, 0.25) is 0 Å². The zero-order valence-corrected chi connectivity index (χ0v) is 13.8. The topological polar surface area (TPSA) is 58.8 Å². The molecular weight excluding hydrogens is 266 g/mol. The number of nitrogens with zero attached hydrogens (tertiary/aromatic N) is 2. The number of ether oxygens (including phenoxy) is 1. The fourth-order valence-electron chi connectivity index (χ4n) is 3.58. The molecule has 0 spiro atoms. The molecule has 122 valence electrons. The van der Waals surface area contributed by atoms with Crippen molar-refractivity contribution in [1.29, 1.82) is 0 Å². The van der Waals surface area contributed by atoms with E-state index < -0.39 is 0 Å². The fourth-order valence-corrected chi connectivity index (χ4v) is 3.58. The Bertz CT molecular complexity index is 338. The quantitative estimate of drug-likeness (QED) is 0.829. The molecule has 21 heavy (non-hydrogen) atoms. The van der Waals surface area contributed by atoms with Crippen LogP contribution in [0.1, 0.15) is 46.5 Å². The van der Waals surface area contributed by atoms with E-state index in [2.05, 4.69) is 23.6 Å². The van der Waals surface area contributed by atoms with Gasteiger partial charge in [0.15, 0.2) is 0 Å². The smallest absolute Gasteiger partial charge is 0.222 e. The van der Waals surface area contributed by atoms with Gasteiger partial charge in [0.1, 0.15) is 0 Å². The van der Waals surface area contributed by atoms with Crippen molar-refractivity contribution in [3.8, 4) is 0 Å². The first-order valence-electron chi connectivity index (χ1n) is 8.38. The van der Waals surface area contributed by atoms with Crippen molar-refractivity contribution in [3.63, 3.8) is 0 Å². The van der Waals surface area contributed by atoms with Crippen LogP contribution in [0.3, 0.4) is 0 Å². The third-order valence-electron chi connectivity index (χ3n) is 4.48. The van der Waals surface area contributed by atoms with E-state index in [0.717, 1.165) is 45.4 Å². The second-order valence-electron chi connectivity index (χ2n) is 6.88. The van der Waals surface area contributed by atoms with Gasteiger partial charge in [-0.05, 0) is 40.0 Å². The Balaban J connectivity index is 1.85. The third kappa shape index (κ3) is 4.94. The molecule has 2 aliphatic heterocycles. The number of hydrogen-bond donors (Lipinski definition) is 1. The first-order chi connectivity index (χ1) is 9.95. The summed E-state index contributed by atoms with van der Waals surface area (Å²) in [5.41, 5.74) is 5.76. The van der Waals surface area contributed by atoms with Gasteiger partial charge in [-0.1, -0.05) is 0 Å². The van der Waals surface area contributed by atoms with E-state index in [9.17, 15) is 4.79 Å². The highest BCUT2D eigenvalue weighted by Crippen LogP contribution is 2.21. The number of hydrogen-bond acceptors (Lipinski definition) is 4. The molecule has 2 N–H and O–H groups in total. The van der Waals surface area contributed by atoms with Crippen molar-refractivity contribution in [3.05, 3.63) is 0 Å². The Labute approximate surface area is 128 Å². The van der Waals surface area contributed by atoms with E-state index in [0.29, 0.717) is 12.5 Å². The molecule has 2 heterocycles. The number of carbonyl (C=O) groups is 1. The van der Waals surface area contributed by atoms with Crippen LogP contribution in [0.25, 0.3) is 0 Å². The van der Waals surface area contributed by atoms with Crippen LogP contribution in [-0.2, 0) is 9.53 Å². The lowest BCUT2D eigenvalue weighted by Crippen LogP contribution is -2.51. The van der Waals surface area contributed by atoms with E-state index in [1.165, 1.54) is 0 Å². The molecule has 4 atom stereocenters. The maximum absolute atomic E-state index is 12.4. The number of rotatable bonds is 5. The molecule has 0 radical (unpaired) electrons. The highest BCUT2D eigenvalue weighted by atomic mass is 16.5. The van der Waals surface area contributed by atoms with Gasteiger partial charge in [-0.2, -0.15) is 0 Å². The molecule has 2 fully saturated rings. The molecule has 0 saturated carbocycles.